The molecule has 2 aliphatic heterocycles. The van der Waals surface area contributed by atoms with Gasteiger partial charge in [0.2, 0.25) is 5.91 Å². The summed E-state index contributed by atoms with van der Waals surface area (Å²) in [5.41, 5.74) is 1.14. The summed E-state index contributed by atoms with van der Waals surface area (Å²) in [7, 11) is 0. The van der Waals surface area contributed by atoms with Gasteiger partial charge in [0.15, 0.2) is 0 Å². The molecule has 0 aromatic heterocycles. The van der Waals surface area contributed by atoms with Gasteiger partial charge in [-0.05, 0) is 55.0 Å². The number of fused-ring (bicyclic) bond motifs is 1. The first-order valence-corrected chi connectivity index (χ1v) is 13.4. The average molecular weight is 657 g/mol. The lowest BCUT2D eigenvalue weighted by molar-refractivity contribution is -0.139. The van der Waals surface area contributed by atoms with Crippen LogP contribution in [0.4, 0.5) is 11.4 Å². The number of carbonyl (C=O) groups is 4. The maximum absolute atomic E-state index is 13.2. The minimum Gasteiger partial charge on any atom is -0.426 e. The Morgan fingerprint density at radius 3 is 2.03 bits per heavy atom. The highest BCUT2D eigenvalue weighted by atomic mass is 79.9. The molecule has 3 aromatic carbocycles. The van der Waals surface area contributed by atoms with Crippen LogP contribution in [0.2, 0.25) is 20.1 Å². The first-order valence-electron chi connectivity index (χ1n) is 11.1. The second kappa shape index (κ2) is 10.2. The zero-order valence-electron chi connectivity index (χ0n) is 19.4. The Bertz CT molecular complexity index is 1510. The summed E-state index contributed by atoms with van der Waals surface area (Å²) in [6.45, 7) is 1.84. The largest absolute Gasteiger partial charge is 0.426 e. The molecule has 1 atom stereocenters. The van der Waals surface area contributed by atoms with Gasteiger partial charge in [0.1, 0.15) is 5.75 Å². The number of hydrogen-bond donors (Lipinski definition) is 0. The summed E-state index contributed by atoms with van der Waals surface area (Å²) in [5.74, 6) is -2.61. The zero-order chi connectivity index (χ0) is 27.5. The number of amides is 3. The molecule has 0 saturated carbocycles. The summed E-state index contributed by atoms with van der Waals surface area (Å²) < 4.78 is 6.42. The summed E-state index contributed by atoms with van der Waals surface area (Å²) in [5, 5.41) is -0.571. The van der Waals surface area contributed by atoms with Crippen LogP contribution in [0.3, 0.4) is 0 Å². The number of ether oxygens (including phenoxy) is 1. The molecule has 1 saturated heterocycles. The molecule has 194 valence electrons. The lowest BCUT2D eigenvalue weighted by Crippen LogP contribution is -2.30. The van der Waals surface area contributed by atoms with Gasteiger partial charge < -0.3 is 9.64 Å². The maximum atomic E-state index is 13.2. The fourth-order valence-corrected chi connectivity index (χ4v) is 5.72. The normalized spacial score (nSPS) is 16.9. The third-order valence-corrected chi connectivity index (χ3v) is 8.66. The molecule has 2 heterocycles. The molecule has 0 bridgehead atoms. The third kappa shape index (κ3) is 4.48. The van der Waals surface area contributed by atoms with Crippen molar-refractivity contribution in [2.75, 3.05) is 16.3 Å². The van der Waals surface area contributed by atoms with E-state index in [1.165, 1.54) is 18.2 Å². The van der Waals surface area contributed by atoms with Gasteiger partial charge in [0, 0.05) is 23.1 Å². The number of rotatable bonds is 4. The molecule has 0 spiro atoms. The number of nitrogens with zero attached hydrogens (tertiary/aromatic N) is 2. The van der Waals surface area contributed by atoms with Crippen LogP contribution in [-0.4, -0.2) is 30.2 Å². The van der Waals surface area contributed by atoms with E-state index in [0.717, 1.165) is 9.37 Å². The van der Waals surface area contributed by atoms with Crippen LogP contribution in [0.1, 0.15) is 32.7 Å². The minimum absolute atomic E-state index is 0.0215. The van der Waals surface area contributed by atoms with E-state index in [4.69, 9.17) is 51.1 Å². The molecule has 38 heavy (non-hydrogen) atoms. The van der Waals surface area contributed by atoms with Crippen LogP contribution in [0.25, 0.3) is 0 Å². The fourth-order valence-electron chi connectivity index (χ4n) is 4.45. The second-order valence-corrected chi connectivity index (χ2v) is 11.1. The quantitative estimate of drug-likeness (QED) is 0.0981. The van der Waals surface area contributed by atoms with E-state index in [2.05, 4.69) is 15.9 Å². The van der Waals surface area contributed by atoms with E-state index < -0.39 is 23.7 Å². The van der Waals surface area contributed by atoms with Crippen molar-refractivity contribution < 1.29 is 23.9 Å². The predicted molar refractivity (Wildman–Crippen MR) is 149 cm³/mol. The third-order valence-electron chi connectivity index (χ3n) is 6.33. The Labute approximate surface area is 245 Å². The van der Waals surface area contributed by atoms with Gasteiger partial charge in [0.05, 0.1) is 42.8 Å². The summed E-state index contributed by atoms with van der Waals surface area (Å²) >= 11 is 28.0. The molecule has 0 N–H and O–H groups in total. The number of esters is 1. The molecule has 12 heteroatoms. The highest BCUT2D eigenvalue weighted by Crippen LogP contribution is 2.46. The number of halogens is 5. The highest BCUT2D eigenvalue weighted by Gasteiger charge is 2.43. The first-order chi connectivity index (χ1) is 18.0. The lowest BCUT2D eigenvalue weighted by atomic mass is 10.1. The van der Waals surface area contributed by atoms with Gasteiger partial charge in [-0.2, -0.15) is 0 Å². The van der Waals surface area contributed by atoms with Crippen LogP contribution >= 0.6 is 62.3 Å². The molecular formula is C26H15BrCl4N2O5. The predicted octanol–water partition coefficient (Wildman–Crippen LogP) is 7.13. The topological polar surface area (TPSA) is 84.0 Å². The molecule has 3 aromatic rings. The number of imide groups is 1. The molecule has 5 rings (SSSR count). The van der Waals surface area contributed by atoms with E-state index in [1.54, 1.807) is 24.0 Å². The summed E-state index contributed by atoms with van der Waals surface area (Å²) in [6.07, 6.45) is 0.0215. The molecule has 7 nitrogen and oxygen atoms in total. The number of carbonyl (C=O) groups excluding carboxylic acids is 4. The van der Waals surface area contributed by atoms with E-state index in [9.17, 15) is 19.2 Å². The van der Waals surface area contributed by atoms with Gasteiger partial charge >= 0.3 is 5.97 Å². The molecule has 0 radical (unpaired) electrons. The van der Waals surface area contributed by atoms with Crippen molar-refractivity contribution in [2.45, 2.75) is 13.3 Å². The van der Waals surface area contributed by atoms with E-state index in [1.807, 2.05) is 12.1 Å². The first kappa shape index (κ1) is 27.0. The molecule has 1 fully saturated rings. The summed E-state index contributed by atoms with van der Waals surface area (Å²) in [6, 6.07) is 11.7. The van der Waals surface area contributed by atoms with Crippen LogP contribution in [0.5, 0.6) is 5.75 Å². The second-order valence-electron chi connectivity index (χ2n) is 8.70. The number of aryl methyl sites for hydroxylation is 1. The molecule has 0 aliphatic carbocycles. The maximum Gasteiger partial charge on any atom is 0.316 e. The van der Waals surface area contributed by atoms with Crippen molar-refractivity contribution in [2.24, 2.45) is 5.92 Å². The smallest absolute Gasteiger partial charge is 0.316 e. The highest BCUT2D eigenvalue weighted by molar-refractivity contribution is 9.10. The van der Waals surface area contributed by atoms with Crippen LogP contribution < -0.4 is 14.5 Å². The van der Waals surface area contributed by atoms with E-state index in [-0.39, 0.29) is 61.5 Å². The zero-order valence-corrected chi connectivity index (χ0v) is 24.0. The van der Waals surface area contributed by atoms with Gasteiger partial charge in [0.25, 0.3) is 11.8 Å². The van der Waals surface area contributed by atoms with Crippen molar-refractivity contribution in [1.29, 1.82) is 0 Å². The minimum atomic E-state index is -0.708. The van der Waals surface area contributed by atoms with Crippen molar-refractivity contribution in [3.8, 4) is 5.75 Å². The molecule has 2 aliphatic rings. The van der Waals surface area contributed by atoms with E-state index in [0.29, 0.717) is 11.3 Å². The van der Waals surface area contributed by atoms with Gasteiger partial charge in [-0.25, -0.2) is 4.90 Å². The summed E-state index contributed by atoms with van der Waals surface area (Å²) in [4.78, 5) is 54.2. The lowest BCUT2D eigenvalue weighted by Gasteiger charge is -2.18. The molecule has 0 unspecified atom stereocenters. The average Bonchev–Trinajstić information content (AvgIpc) is 3.39. The van der Waals surface area contributed by atoms with Gasteiger partial charge in [-0.1, -0.05) is 62.3 Å². The van der Waals surface area contributed by atoms with Crippen molar-refractivity contribution in [3.05, 3.63) is 83.7 Å². The SMILES string of the molecule is Cc1cc(OC(=O)[C@@H]2CC(=O)N(c3ccc(Br)cc3)C2)ccc1N1C(=O)c2c(Cl)c(Cl)c(Cl)c(Cl)c2C1=O. The Hall–Kier alpha value is -2.62. The molecule has 3 amide bonds. The number of benzene rings is 3. The molecular weight excluding hydrogens is 642 g/mol. The standard InChI is InChI=1S/C26H15BrCl4N2O5/c1-11-8-15(38-26(37)12-9-17(34)32(10-12)14-4-2-13(27)3-5-14)6-7-16(11)33-24(35)18-19(25(33)36)21(29)23(31)22(30)20(18)28/h2-8,12H,9-10H2,1H3/t12-/m1/s1. The Morgan fingerprint density at radius 1 is 0.895 bits per heavy atom. The van der Waals surface area contributed by atoms with Gasteiger partial charge in [-0.15, -0.1) is 0 Å². The Balaban J connectivity index is 1.35. The Morgan fingerprint density at radius 2 is 1.47 bits per heavy atom. The van der Waals surface area contributed by atoms with Crippen LogP contribution in [0.15, 0.2) is 46.9 Å². The van der Waals surface area contributed by atoms with Crippen LogP contribution in [0, 0.1) is 12.8 Å². The van der Waals surface area contributed by atoms with Crippen molar-refractivity contribution >= 4 is 97.4 Å². The van der Waals surface area contributed by atoms with Crippen molar-refractivity contribution in [3.63, 3.8) is 0 Å². The monoisotopic (exact) mass is 654 g/mol. The van der Waals surface area contributed by atoms with Crippen molar-refractivity contribution in [1.82, 2.24) is 0 Å². The Kier molecular flexibility index (Phi) is 7.22. The van der Waals surface area contributed by atoms with E-state index >= 15 is 0 Å². The van der Waals surface area contributed by atoms with Crippen LogP contribution in [-0.2, 0) is 9.59 Å². The fraction of sp³-hybridized carbons (Fsp3) is 0.154. The number of hydrogen-bond acceptors (Lipinski definition) is 5. The number of anilines is 2. The van der Waals surface area contributed by atoms with Gasteiger partial charge in [-0.3, -0.25) is 19.2 Å².